The van der Waals surface area contributed by atoms with Crippen LogP contribution in [-0.4, -0.2) is 26.7 Å². The Morgan fingerprint density at radius 1 is 1.57 bits per heavy atom. The summed E-state index contributed by atoms with van der Waals surface area (Å²) < 4.78 is 14.8. The lowest BCUT2D eigenvalue weighted by molar-refractivity contribution is 0.230. The SMILES string of the molecule is CC(CO)n1nnc2cccc(F)c21. The van der Waals surface area contributed by atoms with Gasteiger partial charge < -0.3 is 5.11 Å². The molecule has 1 heterocycles. The second kappa shape index (κ2) is 3.34. The van der Waals surface area contributed by atoms with Gasteiger partial charge in [0.25, 0.3) is 0 Å². The maximum Gasteiger partial charge on any atom is 0.150 e. The summed E-state index contributed by atoms with van der Waals surface area (Å²) >= 11 is 0. The molecule has 14 heavy (non-hydrogen) atoms. The molecule has 0 aliphatic rings. The first-order chi connectivity index (χ1) is 6.74. The highest BCUT2D eigenvalue weighted by atomic mass is 19.1. The van der Waals surface area contributed by atoms with Crippen LogP contribution < -0.4 is 0 Å². The minimum atomic E-state index is -0.368. The summed E-state index contributed by atoms with van der Waals surface area (Å²) in [6.45, 7) is 1.66. The van der Waals surface area contributed by atoms with Gasteiger partial charge in [0.1, 0.15) is 11.0 Å². The van der Waals surface area contributed by atoms with Crippen molar-refractivity contribution in [3.05, 3.63) is 24.0 Å². The Balaban J connectivity index is 2.67. The van der Waals surface area contributed by atoms with Crippen molar-refractivity contribution in [2.45, 2.75) is 13.0 Å². The molecule has 0 bridgehead atoms. The molecule has 4 nitrogen and oxygen atoms in total. The Morgan fingerprint density at radius 2 is 2.36 bits per heavy atom. The van der Waals surface area contributed by atoms with E-state index in [0.29, 0.717) is 11.0 Å². The van der Waals surface area contributed by atoms with Gasteiger partial charge in [-0.15, -0.1) is 5.10 Å². The third kappa shape index (κ3) is 1.26. The highest BCUT2D eigenvalue weighted by Gasteiger charge is 2.13. The molecule has 0 spiro atoms. The fraction of sp³-hybridized carbons (Fsp3) is 0.333. The van der Waals surface area contributed by atoms with E-state index in [4.69, 9.17) is 5.11 Å². The number of nitrogens with zero attached hydrogens (tertiary/aromatic N) is 3. The van der Waals surface area contributed by atoms with Gasteiger partial charge in [-0.3, -0.25) is 0 Å². The Bertz CT molecular complexity index is 454. The molecule has 5 heteroatoms. The monoisotopic (exact) mass is 195 g/mol. The van der Waals surface area contributed by atoms with E-state index in [0.717, 1.165) is 0 Å². The first-order valence-corrected chi connectivity index (χ1v) is 4.34. The van der Waals surface area contributed by atoms with E-state index in [2.05, 4.69) is 10.3 Å². The molecule has 0 radical (unpaired) electrons. The van der Waals surface area contributed by atoms with Gasteiger partial charge >= 0.3 is 0 Å². The van der Waals surface area contributed by atoms with E-state index >= 15 is 0 Å². The summed E-state index contributed by atoms with van der Waals surface area (Å²) in [5, 5.41) is 16.5. The zero-order valence-corrected chi connectivity index (χ0v) is 7.68. The summed E-state index contributed by atoms with van der Waals surface area (Å²) in [6.07, 6.45) is 0. The van der Waals surface area contributed by atoms with E-state index in [1.165, 1.54) is 10.7 Å². The molecule has 0 fully saturated rings. The Hall–Kier alpha value is -1.49. The highest BCUT2D eigenvalue weighted by molar-refractivity contribution is 5.74. The van der Waals surface area contributed by atoms with Gasteiger partial charge in [-0.2, -0.15) is 0 Å². The van der Waals surface area contributed by atoms with Crippen molar-refractivity contribution >= 4 is 11.0 Å². The molecule has 1 aromatic carbocycles. The van der Waals surface area contributed by atoms with E-state index < -0.39 is 0 Å². The van der Waals surface area contributed by atoms with Gasteiger partial charge in [0, 0.05) is 0 Å². The Kier molecular flexibility index (Phi) is 2.17. The third-order valence-corrected chi connectivity index (χ3v) is 2.13. The van der Waals surface area contributed by atoms with Crippen LogP contribution in [0.4, 0.5) is 4.39 Å². The number of para-hydroxylation sites is 1. The van der Waals surface area contributed by atoms with Crippen LogP contribution in [-0.2, 0) is 0 Å². The zero-order chi connectivity index (χ0) is 10.1. The topological polar surface area (TPSA) is 50.9 Å². The maximum atomic E-state index is 13.4. The van der Waals surface area contributed by atoms with Crippen LogP contribution in [0.5, 0.6) is 0 Å². The van der Waals surface area contributed by atoms with Crippen molar-refractivity contribution in [1.29, 1.82) is 0 Å². The van der Waals surface area contributed by atoms with Gasteiger partial charge in [-0.25, -0.2) is 9.07 Å². The summed E-state index contributed by atoms with van der Waals surface area (Å²) in [4.78, 5) is 0. The quantitative estimate of drug-likeness (QED) is 0.781. The lowest BCUT2D eigenvalue weighted by atomic mass is 10.3. The van der Waals surface area contributed by atoms with E-state index in [9.17, 15) is 4.39 Å². The molecule has 0 saturated heterocycles. The predicted molar refractivity (Wildman–Crippen MR) is 49.3 cm³/mol. The number of hydrogen-bond acceptors (Lipinski definition) is 3. The van der Waals surface area contributed by atoms with Crippen LogP contribution in [0.1, 0.15) is 13.0 Å². The lowest BCUT2D eigenvalue weighted by Gasteiger charge is -2.08. The number of benzene rings is 1. The molecule has 1 unspecified atom stereocenters. The number of halogens is 1. The number of hydrogen-bond donors (Lipinski definition) is 1. The fourth-order valence-corrected chi connectivity index (χ4v) is 1.34. The second-order valence-electron chi connectivity index (χ2n) is 3.17. The van der Waals surface area contributed by atoms with Gasteiger partial charge in [0.2, 0.25) is 0 Å². The van der Waals surface area contributed by atoms with E-state index in [1.54, 1.807) is 19.1 Å². The number of rotatable bonds is 2. The summed E-state index contributed by atoms with van der Waals surface area (Å²) in [5.74, 6) is -0.368. The van der Waals surface area contributed by atoms with Gasteiger partial charge in [-0.1, -0.05) is 11.3 Å². The number of aromatic nitrogens is 3. The van der Waals surface area contributed by atoms with E-state index in [-0.39, 0.29) is 18.5 Å². The maximum absolute atomic E-state index is 13.4. The van der Waals surface area contributed by atoms with E-state index in [1.807, 2.05) is 0 Å². The molecular formula is C9H10FN3O. The first-order valence-electron chi connectivity index (χ1n) is 4.34. The van der Waals surface area contributed by atoms with Crippen molar-refractivity contribution in [1.82, 2.24) is 15.0 Å². The summed E-state index contributed by atoms with van der Waals surface area (Å²) in [7, 11) is 0. The zero-order valence-electron chi connectivity index (χ0n) is 7.68. The summed E-state index contributed by atoms with van der Waals surface area (Å²) in [5.41, 5.74) is 0.847. The molecule has 0 aliphatic heterocycles. The number of aliphatic hydroxyl groups is 1. The van der Waals surface area contributed by atoms with Crippen LogP contribution in [0.25, 0.3) is 11.0 Å². The van der Waals surface area contributed by atoms with Gasteiger partial charge in [0.15, 0.2) is 5.82 Å². The van der Waals surface area contributed by atoms with Crippen molar-refractivity contribution in [3.63, 3.8) is 0 Å². The van der Waals surface area contributed by atoms with Gasteiger partial charge in [0.05, 0.1) is 12.6 Å². The largest absolute Gasteiger partial charge is 0.394 e. The number of aliphatic hydroxyl groups excluding tert-OH is 1. The minimum Gasteiger partial charge on any atom is -0.394 e. The molecule has 1 aromatic heterocycles. The normalized spacial score (nSPS) is 13.4. The van der Waals surface area contributed by atoms with Crippen LogP contribution >= 0.6 is 0 Å². The molecule has 2 rings (SSSR count). The van der Waals surface area contributed by atoms with Crippen molar-refractivity contribution < 1.29 is 9.50 Å². The van der Waals surface area contributed by atoms with Crippen molar-refractivity contribution in [2.75, 3.05) is 6.61 Å². The molecular weight excluding hydrogens is 185 g/mol. The average molecular weight is 195 g/mol. The molecule has 0 saturated carbocycles. The molecule has 1 atom stereocenters. The van der Waals surface area contributed by atoms with Crippen LogP contribution in [0, 0.1) is 5.82 Å². The molecule has 0 amide bonds. The number of fused-ring (bicyclic) bond motifs is 1. The predicted octanol–water partition coefficient (Wildman–Crippen LogP) is 1.12. The molecule has 1 N–H and O–H groups in total. The highest BCUT2D eigenvalue weighted by Crippen LogP contribution is 2.18. The van der Waals surface area contributed by atoms with Crippen molar-refractivity contribution in [2.24, 2.45) is 0 Å². The average Bonchev–Trinajstić information content (AvgIpc) is 2.62. The van der Waals surface area contributed by atoms with Crippen LogP contribution in [0.3, 0.4) is 0 Å². The standard InChI is InChI=1S/C9H10FN3O/c1-6(5-14)13-9-7(10)3-2-4-8(9)11-12-13/h2-4,6,14H,5H2,1H3. The van der Waals surface area contributed by atoms with Gasteiger partial charge in [-0.05, 0) is 19.1 Å². The smallest absolute Gasteiger partial charge is 0.150 e. The lowest BCUT2D eigenvalue weighted by Crippen LogP contribution is -2.11. The molecule has 0 aliphatic carbocycles. The molecule has 2 aromatic rings. The Labute approximate surface area is 80.0 Å². The first kappa shape index (κ1) is 9.08. The van der Waals surface area contributed by atoms with Crippen LogP contribution in [0.2, 0.25) is 0 Å². The minimum absolute atomic E-state index is 0.0905. The summed E-state index contributed by atoms with van der Waals surface area (Å²) in [6, 6.07) is 4.36. The molecule has 74 valence electrons. The van der Waals surface area contributed by atoms with Crippen molar-refractivity contribution in [3.8, 4) is 0 Å². The Morgan fingerprint density at radius 3 is 3.07 bits per heavy atom. The van der Waals surface area contributed by atoms with Crippen LogP contribution in [0.15, 0.2) is 18.2 Å². The second-order valence-corrected chi connectivity index (χ2v) is 3.17. The third-order valence-electron chi connectivity index (χ3n) is 2.13. The fourth-order valence-electron chi connectivity index (χ4n) is 1.34.